The minimum Gasteiger partial charge on any atom is -0.355 e. The molecule has 2 heteroatoms. The van der Waals surface area contributed by atoms with Gasteiger partial charge in [0.1, 0.15) is 0 Å². The van der Waals surface area contributed by atoms with Gasteiger partial charge in [0.15, 0.2) is 0 Å². The number of hydrogen-bond acceptors (Lipinski definition) is 1. The summed E-state index contributed by atoms with van der Waals surface area (Å²) in [5.41, 5.74) is 13.3. The first-order valence-corrected chi connectivity index (χ1v) is 15.7. The zero-order valence-corrected chi connectivity index (χ0v) is 25.3. The maximum absolute atomic E-state index is 3.72. The summed E-state index contributed by atoms with van der Waals surface area (Å²) < 4.78 is 2.40. The summed E-state index contributed by atoms with van der Waals surface area (Å²) in [5.74, 6) is 0.324. The lowest BCUT2D eigenvalue weighted by molar-refractivity contribution is 0.856. The molecule has 0 saturated heterocycles. The van der Waals surface area contributed by atoms with E-state index in [-0.39, 0.29) is 0 Å². The number of nitrogens with one attached hydrogen (secondary N) is 1. The predicted molar refractivity (Wildman–Crippen MR) is 192 cm³/mol. The predicted octanol–water partition coefficient (Wildman–Crippen LogP) is 11.8. The fourth-order valence-electron chi connectivity index (χ4n) is 6.74. The van der Waals surface area contributed by atoms with E-state index < -0.39 is 0 Å². The summed E-state index contributed by atoms with van der Waals surface area (Å²) in [6.07, 6.45) is 9.90. The van der Waals surface area contributed by atoms with Gasteiger partial charge in [-0.3, -0.25) is 0 Å². The molecule has 0 amide bonds. The molecule has 1 aromatic heterocycles. The molecule has 0 fully saturated rings. The van der Waals surface area contributed by atoms with Crippen LogP contribution in [-0.4, -0.2) is 4.57 Å². The molecular weight excluding hydrogens is 544 g/mol. The highest BCUT2D eigenvalue weighted by Crippen LogP contribution is 2.39. The molecule has 2 nitrogen and oxygen atoms in total. The Morgan fingerprint density at radius 3 is 2.20 bits per heavy atom. The average Bonchev–Trinajstić information content (AvgIpc) is 3.43. The van der Waals surface area contributed by atoms with Crippen molar-refractivity contribution in [3.63, 3.8) is 0 Å². The van der Waals surface area contributed by atoms with Crippen LogP contribution in [0, 0.1) is 6.92 Å². The van der Waals surface area contributed by atoms with Gasteiger partial charge in [0.25, 0.3) is 0 Å². The number of rotatable bonds is 6. The fraction of sp³-hybridized carbons (Fsp3) is 0.0698. The van der Waals surface area contributed by atoms with E-state index in [0.717, 1.165) is 17.8 Å². The van der Waals surface area contributed by atoms with E-state index in [9.17, 15) is 0 Å². The van der Waals surface area contributed by atoms with Crippen molar-refractivity contribution < 1.29 is 0 Å². The number of para-hydroxylation sites is 1. The molecule has 6 aromatic carbocycles. The zero-order valence-electron chi connectivity index (χ0n) is 25.3. The topological polar surface area (TPSA) is 17.0 Å². The number of nitrogens with zero attached hydrogens (tertiary/aromatic N) is 1. The third-order valence-electron chi connectivity index (χ3n) is 8.95. The largest absolute Gasteiger partial charge is 0.355 e. The molecule has 1 heterocycles. The fourth-order valence-corrected chi connectivity index (χ4v) is 6.74. The van der Waals surface area contributed by atoms with E-state index in [4.69, 9.17) is 0 Å². The van der Waals surface area contributed by atoms with E-state index in [0.29, 0.717) is 5.92 Å². The van der Waals surface area contributed by atoms with Crippen LogP contribution >= 0.6 is 0 Å². The quantitative estimate of drug-likeness (QED) is 0.208. The maximum atomic E-state index is 3.72. The molecule has 0 radical (unpaired) electrons. The lowest BCUT2D eigenvalue weighted by Gasteiger charge is -2.21. The molecule has 1 atom stereocenters. The van der Waals surface area contributed by atoms with Crippen LogP contribution in [0.3, 0.4) is 0 Å². The highest BCUT2D eigenvalue weighted by atomic mass is 15.0. The Balaban J connectivity index is 1.24. The van der Waals surface area contributed by atoms with Gasteiger partial charge in [-0.25, -0.2) is 0 Å². The minimum absolute atomic E-state index is 0.324. The molecule has 1 aliphatic rings. The number of aryl methyl sites for hydroxylation is 1. The highest BCUT2D eigenvalue weighted by molar-refractivity contribution is 6.10. The van der Waals surface area contributed by atoms with Gasteiger partial charge in [0, 0.05) is 33.8 Å². The van der Waals surface area contributed by atoms with Crippen LogP contribution in [0.2, 0.25) is 0 Å². The van der Waals surface area contributed by atoms with Crippen LogP contribution < -0.4 is 5.32 Å². The van der Waals surface area contributed by atoms with Crippen LogP contribution in [0.5, 0.6) is 0 Å². The van der Waals surface area contributed by atoms with Crippen LogP contribution in [0.25, 0.3) is 49.7 Å². The summed E-state index contributed by atoms with van der Waals surface area (Å²) in [6.45, 7) is 2.14. The van der Waals surface area contributed by atoms with Crippen molar-refractivity contribution in [1.29, 1.82) is 0 Å². The molecule has 0 spiro atoms. The second-order valence-electron chi connectivity index (χ2n) is 12.0. The Hall–Kier alpha value is -5.60. The Morgan fingerprint density at radius 1 is 0.578 bits per heavy atom. The second-order valence-corrected chi connectivity index (χ2v) is 12.0. The van der Waals surface area contributed by atoms with Crippen LogP contribution in [-0.2, 0) is 0 Å². The first-order chi connectivity index (χ1) is 22.2. The Kier molecular flexibility index (Phi) is 6.88. The first kappa shape index (κ1) is 27.0. The smallest absolute Gasteiger partial charge is 0.0541 e. The van der Waals surface area contributed by atoms with Crippen molar-refractivity contribution in [3.05, 3.63) is 175 Å². The van der Waals surface area contributed by atoms with Gasteiger partial charge < -0.3 is 9.88 Å². The van der Waals surface area contributed by atoms with E-state index >= 15 is 0 Å². The van der Waals surface area contributed by atoms with Gasteiger partial charge >= 0.3 is 0 Å². The van der Waals surface area contributed by atoms with E-state index in [1.807, 2.05) is 0 Å². The summed E-state index contributed by atoms with van der Waals surface area (Å²) in [4.78, 5) is 0. The van der Waals surface area contributed by atoms with E-state index in [1.54, 1.807) is 0 Å². The normalized spacial score (nSPS) is 14.3. The summed E-state index contributed by atoms with van der Waals surface area (Å²) >= 11 is 0. The third kappa shape index (κ3) is 5.15. The van der Waals surface area contributed by atoms with Crippen molar-refractivity contribution in [3.8, 4) is 27.9 Å². The van der Waals surface area contributed by atoms with Gasteiger partial charge in [0.05, 0.1) is 11.0 Å². The lowest BCUT2D eigenvalue weighted by atomic mass is 9.88. The van der Waals surface area contributed by atoms with Crippen molar-refractivity contribution >= 4 is 33.2 Å². The molecule has 8 rings (SSSR count). The number of anilines is 2. The number of benzene rings is 6. The average molecular weight is 579 g/mol. The molecule has 1 aliphatic carbocycles. The molecule has 1 N–H and O–H groups in total. The molecule has 0 bridgehead atoms. The molecule has 7 aromatic rings. The summed E-state index contributed by atoms with van der Waals surface area (Å²) in [5, 5.41) is 6.24. The number of hydrogen-bond donors (Lipinski definition) is 1. The molecule has 216 valence electrons. The summed E-state index contributed by atoms with van der Waals surface area (Å²) in [7, 11) is 0. The van der Waals surface area contributed by atoms with Gasteiger partial charge in [-0.15, -0.1) is 0 Å². The Morgan fingerprint density at radius 2 is 1.33 bits per heavy atom. The van der Waals surface area contributed by atoms with Gasteiger partial charge in [-0.1, -0.05) is 109 Å². The van der Waals surface area contributed by atoms with Crippen LogP contribution in [0.15, 0.2) is 164 Å². The Labute approximate surface area is 264 Å². The zero-order chi connectivity index (χ0) is 30.2. The molecule has 1 unspecified atom stereocenters. The SMILES string of the molecule is Cc1cccc(Nc2ccc(-c3ccc4c(c3)c3ccccc3n4-c3cccc(-c4ccccc4)c3)cc2C2C=CC=CC2)c1. The molecule has 45 heavy (non-hydrogen) atoms. The van der Waals surface area contributed by atoms with Crippen molar-refractivity contribution in [2.45, 2.75) is 19.3 Å². The van der Waals surface area contributed by atoms with Crippen LogP contribution in [0.1, 0.15) is 23.5 Å². The number of allylic oxidation sites excluding steroid dienone is 4. The number of aromatic nitrogens is 1. The van der Waals surface area contributed by atoms with Crippen molar-refractivity contribution in [1.82, 2.24) is 4.57 Å². The van der Waals surface area contributed by atoms with Crippen molar-refractivity contribution in [2.75, 3.05) is 5.32 Å². The minimum atomic E-state index is 0.324. The third-order valence-corrected chi connectivity index (χ3v) is 8.95. The monoisotopic (exact) mass is 578 g/mol. The second kappa shape index (κ2) is 11.5. The van der Waals surface area contributed by atoms with Crippen LogP contribution in [0.4, 0.5) is 11.4 Å². The standard InChI is InChI=1S/C43H34N2/c1-30-12-10-18-36(26-30)44-41-24-22-34(28-39(41)32-15-6-3-7-16-32)35-23-25-43-40(29-35)38-20-8-9-21-42(38)45(43)37-19-11-17-33(27-37)31-13-4-2-5-14-31/h2-15,17-29,32,44H,16H2,1H3. The molecular formula is C43H34N2. The van der Waals surface area contributed by atoms with Gasteiger partial charge in [-0.2, -0.15) is 0 Å². The maximum Gasteiger partial charge on any atom is 0.0541 e. The van der Waals surface area contributed by atoms with E-state index in [1.165, 1.54) is 60.9 Å². The molecule has 0 aliphatic heterocycles. The Bertz CT molecular complexity index is 2230. The highest BCUT2D eigenvalue weighted by Gasteiger charge is 2.17. The first-order valence-electron chi connectivity index (χ1n) is 15.7. The lowest BCUT2D eigenvalue weighted by Crippen LogP contribution is -2.03. The number of fused-ring (bicyclic) bond motifs is 3. The molecule has 0 saturated carbocycles. The van der Waals surface area contributed by atoms with E-state index in [2.05, 4.69) is 181 Å². The summed E-state index contributed by atoms with van der Waals surface area (Å²) in [6, 6.07) is 50.7. The van der Waals surface area contributed by atoms with Gasteiger partial charge in [0.2, 0.25) is 0 Å². The van der Waals surface area contributed by atoms with Gasteiger partial charge in [-0.05, 0) is 101 Å². The van der Waals surface area contributed by atoms with Crippen molar-refractivity contribution in [2.24, 2.45) is 0 Å².